The van der Waals surface area contributed by atoms with Crippen LogP contribution in [0, 0.1) is 5.92 Å². The Bertz CT molecular complexity index is 1000. The quantitative estimate of drug-likeness (QED) is 0.755. The second kappa shape index (κ2) is 8.61. The molecule has 2 amide bonds. The highest BCUT2D eigenvalue weighted by molar-refractivity contribution is 7.89. The first-order valence-electron chi connectivity index (χ1n) is 10.2. The van der Waals surface area contributed by atoms with Gasteiger partial charge in [0.2, 0.25) is 21.8 Å². The van der Waals surface area contributed by atoms with Gasteiger partial charge in [-0.05, 0) is 55.7 Å². The van der Waals surface area contributed by atoms with Crippen molar-refractivity contribution in [2.24, 2.45) is 5.92 Å². The molecule has 2 saturated heterocycles. The molecular formula is C21H25N3O5S. The van der Waals surface area contributed by atoms with Crippen molar-refractivity contribution in [1.82, 2.24) is 9.62 Å². The molecule has 9 heteroatoms. The van der Waals surface area contributed by atoms with Crippen LogP contribution in [0.15, 0.2) is 52.0 Å². The average Bonchev–Trinajstić information content (AvgIpc) is 3.44. The smallest absolute Gasteiger partial charge is 0.243 e. The molecule has 2 aliphatic heterocycles. The summed E-state index contributed by atoms with van der Waals surface area (Å²) < 4.78 is 32.8. The van der Waals surface area contributed by atoms with Gasteiger partial charge in [0.1, 0.15) is 5.76 Å². The molecule has 0 aliphatic carbocycles. The zero-order valence-corrected chi connectivity index (χ0v) is 17.4. The lowest BCUT2D eigenvalue weighted by molar-refractivity contribution is -0.126. The molecule has 30 heavy (non-hydrogen) atoms. The first-order valence-corrected chi connectivity index (χ1v) is 11.6. The second-order valence-electron chi connectivity index (χ2n) is 7.64. The van der Waals surface area contributed by atoms with E-state index in [0.717, 1.165) is 6.42 Å². The molecule has 0 unspecified atom stereocenters. The maximum absolute atomic E-state index is 13.1. The molecule has 1 aromatic carbocycles. The Hall–Kier alpha value is -2.65. The highest BCUT2D eigenvalue weighted by Crippen LogP contribution is 2.27. The van der Waals surface area contributed by atoms with Crippen molar-refractivity contribution in [2.45, 2.75) is 37.1 Å². The molecule has 0 bridgehead atoms. The van der Waals surface area contributed by atoms with Crippen LogP contribution in [0.4, 0.5) is 5.69 Å². The van der Waals surface area contributed by atoms with Crippen LogP contribution in [0.25, 0.3) is 0 Å². The lowest BCUT2D eigenvalue weighted by Crippen LogP contribution is -2.45. The molecule has 0 spiro atoms. The number of furan rings is 1. The number of nitrogens with one attached hydrogen (secondary N) is 1. The van der Waals surface area contributed by atoms with Crippen LogP contribution in [0.1, 0.15) is 31.4 Å². The molecule has 160 valence electrons. The number of anilines is 1. The first-order chi connectivity index (χ1) is 14.4. The Morgan fingerprint density at radius 3 is 2.60 bits per heavy atom. The molecule has 0 radical (unpaired) electrons. The largest absolute Gasteiger partial charge is 0.467 e. The maximum atomic E-state index is 13.1. The molecule has 1 aromatic heterocycles. The molecular weight excluding hydrogens is 406 g/mol. The van der Waals surface area contributed by atoms with Crippen molar-refractivity contribution in [3.05, 3.63) is 48.4 Å². The summed E-state index contributed by atoms with van der Waals surface area (Å²) >= 11 is 0. The summed E-state index contributed by atoms with van der Waals surface area (Å²) in [6, 6.07) is 9.95. The minimum Gasteiger partial charge on any atom is -0.467 e. The van der Waals surface area contributed by atoms with E-state index in [2.05, 4.69) is 5.32 Å². The third kappa shape index (κ3) is 4.27. The number of hydrogen-bond acceptors (Lipinski definition) is 5. The Morgan fingerprint density at radius 2 is 1.93 bits per heavy atom. The van der Waals surface area contributed by atoms with E-state index in [-0.39, 0.29) is 29.8 Å². The Kier molecular flexibility index (Phi) is 5.92. The fourth-order valence-electron chi connectivity index (χ4n) is 3.97. The molecule has 3 heterocycles. The van der Waals surface area contributed by atoms with Crippen molar-refractivity contribution in [3.8, 4) is 0 Å². The fourth-order valence-corrected chi connectivity index (χ4v) is 5.50. The number of carbonyl (C=O) groups is 2. The van der Waals surface area contributed by atoms with Gasteiger partial charge in [-0.2, -0.15) is 4.31 Å². The number of piperidine rings is 1. The number of carbonyl (C=O) groups excluding carboxylic acids is 2. The van der Waals surface area contributed by atoms with E-state index in [1.165, 1.54) is 16.4 Å². The Labute approximate surface area is 175 Å². The van der Waals surface area contributed by atoms with E-state index < -0.39 is 15.9 Å². The van der Waals surface area contributed by atoms with Gasteiger partial charge in [0.05, 0.1) is 23.6 Å². The van der Waals surface area contributed by atoms with Crippen LogP contribution < -0.4 is 10.2 Å². The zero-order valence-electron chi connectivity index (χ0n) is 16.6. The topological polar surface area (TPSA) is 99.9 Å². The first kappa shape index (κ1) is 20.6. The van der Waals surface area contributed by atoms with Gasteiger partial charge in [-0.25, -0.2) is 8.42 Å². The van der Waals surface area contributed by atoms with Crippen LogP contribution in [0.3, 0.4) is 0 Å². The summed E-state index contributed by atoms with van der Waals surface area (Å²) in [6.45, 7) is 1.48. The summed E-state index contributed by atoms with van der Waals surface area (Å²) in [6.07, 6.45) is 4.15. The van der Waals surface area contributed by atoms with Crippen molar-refractivity contribution >= 4 is 27.5 Å². The summed E-state index contributed by atoms with van der Waals surface area (Å²) in [7, 11) is -3.71. The van der Waals surface area contributed by atoms with Gasteiger partial charge in [0.25, 0.3) is 0 Å². The molecule has 2 aromatic rings. The van der Waals surface area contributed by atoms with Crippen LogP contribution in [0.2, 0.25) is 0 Å². The van der Waals surface area contributed by atoms with E-state index >= 15 is 0 Å². The highest BCUT2D eigenvalue weighted by Gasteiger charge is 2.33. The van der Waals surface area contributed by atoms with Gasteiger partial charge < -0.3 is 14.6 Å². The standard InChI is InChI=1S/C21H25N3O5S/c25-20-6-2-12-24(20)17-7-9-19(10-8-17)30(27,28)23-11-1-4-16(15-23)21(26)22-14-18-5-3-13-29-18/h3,5,7-10,13,16H,1-2,4,6,11-12,14-15H2,(H,22,26)/t16-/m1/s1. The number of amides is 2. The average molecular weight is 432 g/mol. The van der Waals surface area contributed by atoms with Crippen molar-refractivity contribution in [3.63, 3.8) is 0 Å². The molecule has 4 rings (SSSR count). The lowest BCUT2D eigenvalue weighted by Gasteiger charge is -2.31. The number of benzene rings is 1. The number of nitrogens with zero attached hydrogens (tertiary/aromatic N) is 2. The predicted octanol–water partition coefficient (Wildman–Crippen LogP) is 2.12. The van der Waals surface area contributed by atoms with Gasteiger partial charge in [-0.1, -0.05) is 0 Å². The van der Waals surface area contributed by atoms with E-state index in [9.17, 15) is 18.0 Å². The fraction of sp³-hybridized carbons (Fsp3) is 0.429. The summed E-state index contributed by atoms with van der Waals surface area (Å²) in [5.74, 6) is 0.143. The van der Waals surface area contributed by atoms with E-state index in [0.29, 0.717) is 43.8 Å². The van der Waals surface area contributed by atoms with Crippen LogP contribution >= 0.6 is 0 Å². The third-order valence-corrected chi connectivity index (χ3v) is 7.51. The van der Waals surface area contributed by atoms with Crippen LogP contribution in [-0.4, -0.2) is 44.2 Å². The van der Waals surface area contributed by atoms with E-state index in [1.54, 1.807) is 35.4 Å². The van der Waals surface area contributed by atoms with Gasteiger partial charge in [0.15, 0.2) is 0 Å². The van der Waals surface area contributed by atoms with Crippen molar-refractivity contribution in [2.75, 3.05) is 24.5 Å². The lowest BCUT2D eigenvalue weighted by atomic mass is 9.99. The minimum absolute atomic E-state index is 0.0602. The van der Waals surface area contributed by atoms with Gasteiger partial charge in [-0.15, -0.1) is 0 Å². The molecule has 2 aliphatic rings. The second-order valence-corrected chi connectivity index (χ2v) is 9.58. The highest BCUT2D eigenvalue weighted by atomic mass is 32.2. The predicted molar refractivity (Wildman–Crippen MR) is 110 cm³/mol. The maximum Gasteiger partial charge on any atom is 0.243 e. The van der Waals surface area contributed by atoms with Crippen LogP contribution in [0.5, 0.6) is 0 Å². The summed E-state index contributed by atoms with van der Waals surface area (Å²) in [5, 5.41) is 2.82. The number of hydrogen-bond donors (Lipinski definition) is 1. The van der Waals surface area contributed by atoms with E-state index in [4.69, 9.17) is 4.42 Å². The monoisotopic (exact) mass is 431 g/mol. The molecule has 0 saturated carbocycles. The molecule has 1 atom stereocenters. The third-order valence-electron chi connectivity index (χ3n) is 5.63. The van der Waals surface area contributed by atoms with E-state index in [1.807, 2.05) is 0 Å². The number of sulfonamides is 1. The van der Waals surface area contributed by atoms with Gasteiger partial charge >= 0.3 is 0 Å². The summed E-state index contributed by atoms with van der Waals surface area (Å²) in [5.41, 5.74) is 0.713. The van der Waals surface area contributed by atoms with Crippen molar-refractivity contribution < 1.29 is 22.4 Å². The van der Waals surface area contributed by atoms with Crippen LogP contribution in [-0.2, 0) is 26.2 Å². The molecule has 8 nitrogen and oxygen atoms in total. The zero-order chi connectivity index (χ0) is 21.1. The van der Waals surface area contributed by atoms with Crippen molar-refractivity contribution in [1.29, 1.82) is 0 Å². The van der Waals surface area contributed by atoms with Gasteiger partial charge in [0, 0.05) is 31.7 Å². The minimum atomic E-state index is -3.71. The molecule has 1 N–H and O–H groups in total. The SMILES string of the molecule is O=C(NCc1ccco1)[C@@H]1CCCN(S(=O)(=O)c2ccc(N3CCCC3=O)cc2)C1. The van der Waals surface area contributed by atoms with Gasteiger partial charge in [-0.3, -0.25) is 9.59 Å². The number of rotatable bonds is 6. The Balaban J connectivity index is 1.41. The Morgan fingerprint density at radius 1 is 1.13 bits per heavy atom. The summed E-state index contributed by atoms with van der Waals surface area (Å²) in [4.78, 5) is 26.3. The normalized spacial score (nSPS) is 20.5. The molecule has 2 fully saturated rings.